The second-order valence-corrected chi connectivity index (χ2v) is 6.79. The zero-order valence-corrected chi connectivity index (χ0v) is 13.7. The average molecular weight is 295 g/mol. The monoisotopic (exact) mass is 295 g/mol. The van der Waals surface area contributed by atoms with Crippen molar-refractivity contribution in [2.75, 3.05) is 0 Å². The number of fused-ring (bicyclic) bond motifs is 1. The highest BCUT2D eigenvalue weighted by atomic mass is 16.3. The third-order valence-electron chi connectivity index (χ3n) is 4.08. The molecule has 0 unspecified atom stereocenters. The standard InChI is InChI=1S/C18H21N3O/c1-11-10-13(18(3,4)5)17(22)16(12(11)2)21-19-14-8-6-7-9-15(14)20-21/h6-10,22H,1-5H3. The van der Waals surface area contributed by atoms with Gasteiger partial charge in [-0.25, -0.2) is 0 Å². The molecule has 1 aromatic heterocycles. The van der Waals surface area contributed by atoms with Gasteiger partial charge in [-0.3, -0.25) is 0 Å². The summed E-state index contributed by atoms with van der Waals surface area (Å²) in [4.78, 5) is 1.55. The molecule has 1 N–H and O–H groups in total. The maximum atomic E-state index is 10.8. The van der Waals surface area contributed by atoms with Crippen LogP contribution in [0.3, 0.4) is 0 Å². The highest BCUT2D eigenvalue weighted by molar-refractivity contribution is 5.74. The van der Waals surface area contributed by atoms with Crippen molar-refractivity contribution < 1.29 is 5.11 Å². The SMILES string of the molecule is Cc1cc(C(C)(C)C)c(O)c(-n2nc3ccccc3n2)c1C. The van der Waals surface area contributed by atoms with Gasteiger partial charge in [-0.05, 0) is 42.5 Å². The summed E-state index contributed by atoms with van der Waals surface area (Å²) in [6.45, 7) is 10.3. The molecular formula is C18H21N3O. The number of aromatic nitrogens is 3. The lowest BCUT2D eigenvalue weighted by molar-refractivity contribution is 0.439. The van der Waals surface area contributed by atoms with Gasteiger partial charge in [0.25, 0.3) is 0 Å². The Bertz CT molecular complexity index is 824. The molecule has 0 bridgehead atoms. The minimum atomic E-state index is -0.149. The molecule has 0 aliphatic rings. The fourth-order valence-corrected chi connectivity index (χ4v) is 2.66. The Balaban J connectivity index is 2.32. The van der Waals surface area contributed by atoms with E-state index in [4.69, 9.17) is 0 Å². The summed E-state index contributed by atoms with van der Waals surface area (Å²) in [6.07, 6.45) is 0. The Labute approximate surface area is 130 Å². The summed E-state index contributed by atoms with van der Waals surface area (Å²) in [5.41, 5.74) is 5.18. The van der Waals surface area contributed by atoms with E-state index in [2.05, 4.69) is 44.0 Å². The molecular weight excluding hydrogens is 274 g/mol. The summed E-state index contributed by atoms with van der Waals surface area (Å²) >= 11 is 0. The summed E-state index contributed by atoms with van der Waals surface area (Å²) in [5, 5.41) is 19.8. The Morgan fingerprint density at radius 3 is 2.05 bits per heavy atom. The third kappa shape index (κ3) is 2.25. The van der Waals surface area contributed by atoms with Crippen LogP contribution in [0, 0.1) is 13.8 Å². The Morgan fingerprint density at radius 1 is 1.00 bits per heavy atom. The Hall–Kier alpha value is -2.36. The molecule has 4 heteroatoms. The van der Waals surface area contributed by atoms with E-state index in [-0.39, 0.29) is 11.2 Å². The molecule has 4 nitrogen and oxygen atoms in total. The van der Waals surface area contributed by atoms with E-state index >= 15 is 0 Å². The molecule has 0 fully saturated rings. The average Bonchev–Trinajstić information content (AvgIpc) is 2.85. The number of hydrogen-bond acceptors (Lipinski definition) is 3. The van der Waals surface area contributed by atoms with E-state index in [1.807, 2.05) is 31.2 Å². The molecule has 0 saturated heterocycles. The maximum absolute atomic E-state index is 10.8. The largest absolute Gasteiger partial charge is 0.505 e. The number of benzene rings is 2. The smallest absolute Gasteiger partial charge is 0.147 e. The molecule has 0 spiro atoms. The molecule has 114 valence electrons. The van der Waals surface area contributed by atoms with Crippen molar-refractivity contribution in [2.24, 2.45) is 0 Å². The second-order valence-electron chi connectivity index (χ2n) is 6.79. The van der Waals surface area contributed by atoms with Crippen molar-refractivity contribution in [3.63, 3.8) is 0 Å². The number of phenols is 1. The van der Waals surface area contributed by atoms with Crippen LogP contribution in [0.25, 0.3) is 16.7 Å². The Kier molecular flexibility index (Phi) is 3.20. The lowest BCUT2D eigenvalue weighted by Gasteiger charge is -2.24. The molecule has 3 rings (SSSR count). The first-order valence-corrected chi connectivity index (χ1v) is 7.45. The topological polar surface area (TPSA) is 50.9 Å². The van der Waals surface area contributed by atoms with E-state index in [0.29, 0.717) is 5.69 Å². The van der Waals surface area contributed by atoms with Gasteiger partial charge >= 0.3 is 0 Å². The minimum absolute atomic E-state index is 0.149. The van der Waals surface area contributed by atoms with Crippen LogP contribution in [0.2, 0.25) is 0 Å². The molecule has 0 aliphatic carbocycles. The van der Waals surface area contributed by atoms with Crippen LogP contribution in [0.5, 0.6) is 5.75 Å². The Morgan fingerprint density at radius 2 is 1.55 bits per heavy atom. The number of phenolic OH excluding ortho intramolecular Hbond substituents is 1. The lowest BCUT2D eigenvalue weighted by Crippen LogP contribution is -2.14. The first-order chi connectivity index (χ1) is 10.3. The minimum Gasteiger partial charge on any atom is -0.505 e. The van der Waals surface area contributed by atoms with Crippen molar-refractivity contribution in [1.82, 2.24) is 15.0 Å². The van der Waals surface area contributed by atoms with Crippen LogP contribution in [-0.2, 0) is 5.41 Å². The van der Waals surface area contributed by atoms with Crippen LogP contribution < -0.4 is 0 Å². The number of nitrogens with zero attached hydrogens (tertiary/aromatic N) is 3. The number of rotatable bonds is 1. The quantitative estimate of drug-likeness (QED) is 0.737. The van der Waals surface area contributed by atoms with Crippen molar-refractivity contribution >= 4 is 11.0 Å². The van der Waals surface area contributed by atoms with Gasteiger partial charge in [0.2, 0.25) is 0 Å². The summed E-state index contributed by atoms with van der Waals surface area (Å²) in [7, 11) is 0. The molecule has 1 heterocycles. The fraction of sp³-hybridized carbons (Fsp3) is 0.333. The second kappa shape index (κ2) is 4.83. The first kappa shape index (κ1) is 14.6. The zero-order valence-electron chi connectivity index (χ0n) is 13.7. The van der Waals surface area contributed by atoms with Crippen LogP contribution >= 0.6 is 0 Å². The molecule has 22 heavy (non-hydrogen) atoms. The molecule has 2 aromatic carbocycles. The van der Waals surface area contributed by atoms with Crippen LogP contribution in [-0.4, -0.2) is 20.1 Å². The van der Waals surface area contributed by atoms with Gasteiger partial charge in [0.15, 0.2) is 0 Å². The van der Waals surface area contributed by atoms with Gasteiger partial charge in [0.05, 0.1) is 0 Å². The van der Waals surface area contributed by atoms with Crippen LogP contribution in [0.15, 0.2) is 30.3 Å². The van der Waals surface area contributed by atoms with Crippen molar-refractivity contribution in [3.8, 4) is 11.4 Å². The molecule has 0 aliphatic heterocycles. The van der Waals surface area contributed by atoms with Gasteiger partial charge in [0.1, 0.15) is 22.5 Å². The summed E-state index contributed by atoms with van der Waals surface area (Å²) < 4.78 is 0. The highest BCUT2D eigenvalue weighted by Gasteiger charge is 2.24. The summed E-state index contributed by atoms with van der Waals surface area (Å²) in [5.74, 6) is 0.260. The molecule has 0 saturated carbocycles. The fourth-order valence-electron chi connectivity index (χ4n) is 2.66. The van der Waals surface area contributed by atoms with Gasteiger partial charge < -0.3 is 5.11 Å². The predicted molar refractivity (Wildman–Crippen MR) is 88.7 cm³/mol. The van der Waals surface area contributed by atoms with Gasteiger partial charge in [-0.2, -0.15) is 0 Å². The lowest BCUT2D eigenvalue weighted by atomic mass is 9.84. The predicted octanol–water partition coefficient (Wildman–Crippen LogP) is 4.04. The number of aryl methyl sites for hydroxylation is 1. The number of hydrogen-bond donors (Lipinski definition) is 1. The zero-order chi connectivity index (χ0) is 16.1. The third-order valence-corrected chi connectivity index (χ3v) is 4.08. The molecule has 0 amide bonds. The van der Waals surface area contributed by atoms with Crippen molar-refractivity contribution in [2.45, 2.75) is 40.0 Å². The van der Waals surface area contributed by atoms with E-state index in [9.17, 15) is 5.11 Å². The number of aromatic hydroxyl groups is 1. The first-order valence-electron chi connectivity index (χ1n) is 7.45. The van der Waals surface area contributed by atoms with E-state index in [1.165, 1.54) is 0 Å². The molecule has 3 aromatic rings. The highest BCUT2D eigenvalue weighted by Crippen LogP contribution is 2.38. The van der Waals surface area contributed by atoms with E-state index < -0.39 is 0 Å². The van der Waals surface area contributed by atoms with Crippen molar-refractivity contribution in [1.29, 1.82) is 0 Å². The maximum Gasteiger partial charge on any atom is 0.147 e. The van der Waals surface area contributed by atoms with E-state index in [0.717, 1.165) is 27.7 Å². The molecule has 0 radical (unpaired) electrons. The van der Waals surface area contributed by atoms with Crippen LogP contribution in [0.4, 0.5) is 0 Å². The summed E-state index contributed by atoms with van der Waals surface area (Å²) in [6, 6.07) is 9.77. The molecule has 0 atom stereocenters. The van der Waals surface area contributed by atoms with Gasteiger partial charge in [0, 0.05) is 5.56 Å². The van der Waals surface area contributed by atoms with Gasteiger partial charge in [-0.1, -0.05) is 39.0 Å². The van der Waals surface area contributed by atoms with E-state index in [1.54, 1.807) is 4.80 Å². The van der Waals surface area contributed by atoms with Crippen molar-refractivity contribution in [3.05, 3.63) is 47.0 Å². The van der Waals surface area contributed by atoms with Gasteiger partial charge in [-0.15, -0.1) is 15.0 Å². The normalized spacial score (nSPS) is 12.0. The van der Waals surface area contributed by atoms with Crippen LogP contribution in [0.1, 0.15) is 37.5 Å².